The van der Waals surface area contributed by atoms with Crippen molar-refractivity contribution in [2.24, 2.45) is 4.99 Å². The van der Waals surface area contributed by atoms with Gasteiger partial charge in [-0.15, -0.1) is 24.0 Å². The van der Waals surface area contributed by atoms with E-state index in [9.17, 15) is 0 Å². The molecule has 5 heterocycles. The molecule has 152 valence electrons. The van der Waals surface area contributed by atoms with E-state index >= 15 is 0 Å². The molecule has 0 aromatic carbocycles. The van der Waals surface area contributed by atoms with Gasteiger partial charge in [-0.05, 0) is 6.42 Å². The van der Waals surface area contributed by atoms with Crippen LogP contribution in [0.3, 0.4) is 0 Å². The van der Waals surface area contributed by atoms with Crippen molar-refractivity contribution in [3.63, 3.8) is 0 Å². The van der Waals surface area contributed by atoms with E-state index in [2.05, 4.69) is 35.5 Å². The molecule has 10 heteroatoms. The van der Waals surface area contributed by atoms with E-state index in [-0.39, 0.29) is 24.0 Å². The van der Waals surface area contributed by atoms with Crippen LogP contribution in [-0.2, 0) is 24.3 Å². The van der Waals surface area contributed by atoms with E-state index in [4.69, 9.17) is 4.74 Å². The number of halogens is 1. The molecule has 3 fully saturated rings. The third kappa shape index (κ3) is 4.90. The van der Waals surface area contributed by atoms with Crippen LogP contribution in [0.25, 0.3) is 0 Å². The Morgan fingerprint density at radius 2 is 2.07 bits per heavy atom. The smallest absolute Gasteiger partial charge is 0.191 e. The number of nitrogens with one attached hydrogen (secondary N) is 2. The van der Waals surface area contributed by atoms with Gasteiger partial charge in [-0.1, -0.05) is 0 Å². The van der Waals surface area contributed by atoms with Gasteiger partial charge in [-0.2, -0.15) is 5.10 Å². The zero-order valence-corrected chi connectivity index (χ0v) is 18.6. The first-order chi connectivity index (χ1) is 12.7. The Bertz CT molecular complexity index is 643. The highest BCUT2D eigenvalue weighted by atomic mass is 127. The van der Waals surface area contributed by atoms with Gasteiger partial charge in [0.25, 0.3) is 0 Å². The first-order valence-corrected chi connectivity index (χ1v) is 9.60. The number of aliphatic imine (C=N–C) groups is 1. The van der Waals surface area contributed by atoms with Gasteiger partial charge in [0.15, 0.2) is 11.8 Å². The Morgan fingerprint density at radius 1 is 1.26 bits per heavy atom. The fraction of sp³-hybridized carbons (Fsp3) is 0.824. The van der Waals surface area contributed by atoms with Crippen LogP contribution in [0.4, 0.5) is 0 Å². The lowest BCUT2D eigenvalue weighted by Gasteiger charge is -2.47. The second-order valence-corrected chi connectivity index (χ2v) is 7.38. The number of fused-ring (bicyclic) bond motifs is 4. The second kappa shape index (κ2) is 9.48. The Labute approximate surface area is 177 Å². The number of guanidine groups is 1. The Kier molecular flexibility index (Phi) is 7.29. The zero-order chi connectivity index (χ0) is 17.9. The van der Waals surface area contributed by atoms with Gasteiger partial charge in [0.1, 0.15) is 12.4 Å². The van der Waals surface area contributed by atoms with Crippen molar-refractivity contribution in [3.05, 3.63) is 11.6 Å². The van der Waals surface area contributed by atoms with E-state index in [1.54, 1.807) is 7.11 Å². The summed E-state index contributed by atoms with van der Waals surface area (Å²) in [5.41, 5.74) is 0. The van der Waals surface area contributed by atoms with Crippen LogP contribution in [0.1, 0.15) is 18.1 Å². The SMILES string of the molecule is CN=C(NCC1CN2CCN1CC2)NC1CCc2nc(COC)nn2C1.I. The van der Waals surface area contributed by atoms with Crippen LogP contribution >= 0.6 is 24.0 Å². The number of aromatic nitrogens is 3. The number of hydrogen-bond donors (Lipinski definition) is 2. The Balaban J connectivity index is 0.00000210. The molecule has 2 bridgehead atoms. The summed E-state index contributed by atoms with van der Waals surface area (Å²) in [4.78, 5) is 14.1. The summed E-state index contributed by atoms with van der Waals surface area (Å²) >= 11 is 0. The summed E-state index contributed by atoms with van der Waals surface area (Å²) in [6.45, 7) is 8.22. The molecule has 3 saturated heterocycles. The van der Waals surface area contributed by atoms with Crippen molar-refractivity contribution in [1.29, 1.82) is 0 Å². The van der Waals surface area contributed by atoms with Crippen molar-refractivity contribution >= 4 is 29.9 Å². The van der Waals surface area contributed by atoms with Crippen LogP contribution in [0.15, 0.2) is 4.99 Å². The monoisotopic (exact) mass is 490 g/mol. The highest BCUT2D eigenvalue weighted by molar-refractivity contribution is 14.0. The third-order valence-electron chi connectivity index (χ3n) is 5.64. The third-order valence-corrected chi connectivity index (χ3v) is 5.64. The van der Waals surface area contributed by atoms with Crippen molar-refractivity contribution in [3.8, 4) is 0 Å². The Hall–Kier alpha value is -0.980. The minimum atomic E-state index is 0. The maximum Gasteiger partial charge on any atom is 0.191 e. The van der Waals surface area contributed by atoms with E-state index in [1.165, 1.54) is 26.2 Å². The molecule has 0 saturated carbocycles. The van der Waals surface area contributed by atoms with Gasteiger partial charge in [-0.3, -0.25) is 14.8 Å². The summed E-state index contributed by atoms with van der Waals surface area (Å²) in [6, 6.07) is 0.901. The molecule has 1 aromatic rings. The molecule has 1 aromatic heterocycles. The molecule has 2 unspecified atom stereocenters. The minimum absolute atomic E-state index is 0. The normalized spacial score (nSPS) is 29.8. The molecular weight excluding hydrogens is 459 g/mol. The Morgan fingerprint density at radius 3 is 2.74 bits per heavy atom. The number of piperazine rings is 3. The fourth-order valence-corrected chi connectivity index (χ4v) is 4.19. The molecule has 27 heavy (non-hydrogen) atoms. The van der Waals surface area contributed by atoms with Gasteiger partial charge in [-0.25, -0.2) is 9.67 Å². The number of aryl methyl sites for hydroxylation is 1. The quantitative estimate of drug-likeness (QED) is 0.328. The summed E-state index contributed by atoms with van der Waals surface area (Å²) in [6.07, 6.45) is 1.96. The van der Waals surface area contributed by atoms with Crippen molar-refractivity contribution < 1.29 is 4.74 Å². The molecule has 4 aliphatic rings. The molecule has 4 aliphatic heterocycles. The summed E-state index contributed by atoms with van der Waals surface area (Å²) in [5.74, 6) is 2.70. The highest BCUT2D eigenvalue weighted by Crippen LogP contribution is 2.15. The maximum absolute atomic E-state index is 5.13. The fourth-order valence-electron chi connectivity index (χ4n) is 4.19. The topological polar surface area (TPSA) is 82.8 Å². The van der Waals surface area contributed by atoms with Crippen LogP contribution in [-0.4, -0.2) is 96.0 Å². The van der Waals surface area contributed by atoms with Crippen molar-refractivity contribution in [2.75, 3.05) is 53.4 Å². The van der Waals surface area contributed by atoms with Gasteiger partial charge in [0, 0.05) is 71.9 Å². The lowest BCUT2D eigenvalue weighted by atomic mass is 10.1. The van der Waals surface area contributed by atoms with Crippen LogP contribution in [0.5, 0.6) is 0 Å². The standard InChI is InChI=1S/C17H30N8O.HI/c1-18-17(19-9-14-11-23-5-7-24(14)8-6-23)20-13-3-4-16-21-15(12-26-2)22-25(16)10-13;/h13-14H,3-12H2,1-2H3,(H2,18,19,20);1H. The molecule has 2 atom stereocenters. The van der Waals surface area contributed by atoms with E-state index < -0.39 is 0 Å². The molecular formula is C17H31IN8O. The number of ether oxygens (including phenoxy) is 1. The second-order valence-electron chi connectivity index (χ2n) is 7.38. The predicted molar refractivity (Wildman–Crippen MR) is 115 cm³/mol. The van der Waals surface area contributed by atoms with E-state index in [0.717, 1.165) is 50.1 Å². The molecule has 0 spiro atoms. The molecule has 0 amide bonds. The first-order valence-electron chi connectivity index (χ1n) is 9.60. The van der Waals surface area contributed by atoms with E-state index in [0.29, 0.717) is 18.7 Å². The van der Waals surface area contributed by atoms with Gasteiger partial charge < -0.3 is 15.4 Å². The van der Waals surface area contributed by atoms with E-state index in [1.807, 2.05) is 11.7 Å². The zero-order valence-electron chi connectivity index (χ0n) is 16.2. The number of rotatable bonds is 5. The van der Waals surface area contributed by atoms with Crippen LogP contribution < -0.4 is 10.6 Å². The van der Waals surface area contributed by atoms with Gasteiger partial charge >= 0.3 is 0 Å². The lowest BCUT2D eigenvalue weighted by molar-refractivity contribution is 0.0154. The average Bonchev–Trinajstić information content (AvgIpc) is 3.08. The van der Waals surface area contributed by atoms with Crippen LogP contribution in [0.2, 0.25) is 0 Å². The summed E-state index contributed by atoms with van der Waals surface area (Å²) < 4.78 is 7.14. The average molecular weight is 490 g/mol. The molecule has 0 radical (unpaired) electrons. The molecule has 2 N–H and O–H groups in total. The number of nitrogens with zero attached hydrogens (tertiary/aromatic N) is 6. The molecule has 9 nitrogen and oxygen atoms in total. The van der Waals surface area contributed by atoms with Crippen molar-refractivity contribution in [1.82, 2.24) is 35.2 Å². The molecule has 5 rings (SSSR count). The maximum atomic E-state index is 5.13. The summed E-state index contributed by atoms with van der Waals surface area (Å²) in [7, 11) is 3.51. The summed E-state index contributed by atoms with van der Waals surface area (Å²) in [5, 5.41) is 11.6. The predicted octanol–water partition coefficient (Wildman–Crippen LogP) is -0.478. The van der Waals surface area contributed by atoms with Gasteiger partial charge in [0.2, 0.25) is 0 Å². The van der Waals surface area contributed by atoms with Gasteiger partial charge in [0.05, 0.1) is 6.54 Å². The molecule has 0 aliphatic carbocycles. The minimum Gasteiger partial charge on any atom is -0.377 e. The van der Waals surface area contributed by atoms with Crippen molar-refractivity contribution in [2.45, 2.75) is 38.1 Å². The number of hydrogen-bond acceptors (Lipinski definition) is 6. The first kappa shape index (κ1) is 20.7. The highest BCUT2D eigenvalue weighted by Gasteiger charge is 2.31. The lowest BCUT2D eigenvalue weighted by Crippen LogP contribution is -2.64. The van der Waals surface area contributed by atoms with Crippen LogP contribution in [0, 0.1) is 0 Å². The number of methoxy groups -OCH3 is 1. The largest absolute Gasteiger partial charge is 0.377 e.